The average molecular weight is 346 g/mol. The van der Waals surface area contributed by atoms with E-state index in [0.29, 0.717) is 0 Å². The van der Waals surface area contributed by atoms with Crippen LogP contribution < -0.4 is 0 Å². The third-order valence-electron chi connectivity index (χ3n) is 3.31. The Morgan fingerprint density at radius 3 is 1.75 bits per heavy atom. The minimum atomic E-state index is -5.24. The van der Waals surface area contributed by atoms with Crippen LogP contribution >= 0.6 is 0 Å². The summed E-state index contributed by atoms with van der Waals surface area (Å²) in [6.45, 7) is 0. The van der Waals surface area contributed by atoms with Crippen LogP contribution in [0.1, 0.15) is 5.69 Å². The Morgan fingerprint density at radius 1 is 0.667 bits per heavy atom. The number of halogens is 7. The second-order valence-electron chi connectivity index (χ2n) is 4.77. The molecule has 124 valence electrons. The monoisotopic (exact) mass is 346 g/mol. The van der Waals surface area contributed by atoms with Gasteiger partial charge in [0.1, 0.15) is 5.69 Å². The van der Waals surface area contributed by atoms with Gasteiger partial charge >= 0.3 is 6.18 Å². The Bertz CT molecular complexity index is 936. The quantitative estimate of drug-likeness (QED) is 0.357. The highest BCUT2D eigenvalue weighted by atomic mass is 19.4. The number of rotatable bonds is 1. The van der Waals surface area contributed by atoms with Gasteiger partial charge in [-0.15, -0.1) is 10.2 Å². The molecule has 3 rings (SSSR count). The van der Waals surface area contributed by atoms with Gasteiger partial charge in [-0.1, -0.05) is 30.3 Å². The Balaban J connectivity index is 2.55. The fourth-order valence-electron chi connectivity index (χ4n) is 2.27. The van der Waals surface area contributed by atoms with Crippen LogP contribution in [0.4, 0.5) is 30.7 Å². The number of nitrogens with zero attached hydrogens (tertiary/aromatic N) is 2. The lowest BCUT2D eigenvalue weighted by molar-refractivity contribution is -0.140. The number of aromatic nitrogens is 2. The van der Waals surface area contributed by atoms with E-state index in [1.54, 1.807) is 6.07 Å². The number of alkyl halides is 3. The smallest absolute Gasteiger partial charge is 0.203 e. The third kappa shape index (κ3) is 2.36. The van der Waals surface area contributed by atoms with Crippen LogP contribution in [-0.2, 0) is 6.18 Å². The van der Waals surface area contributed by atoms with Gasteiger partial charge in [0.15, 0.2) is 29.0 Å². The summed E-state index contributed by atoms with van der Waals surface area (Å²) in [4.78, 5) is 0. The van der Waals surface area contributed by atoms with Crippen molar-refractivity contribution in [3.05, 3.63) is 59.3 Å². The van der Waals surface area contributed by atoms with Crippen LogP contribution in [-0.4, -0.2) is 10.2 Å². The maximum Gasteiger partial charge on any atom is 0.435 e. The summed E-state index contributed by atoms with van der Waals surface area (Å²) in [5.74, 6) is -8.72. The number of fused-ring (bicyclic) bond motifs is 1. The van der Waals surface area contributed by atoms with E-state index in [1.165, 1.54) is 24.3 Å². The molecule has 9 heteroatoms. The topological polar surface area (TPSA) is 25.8 Å². The van der Waals surface area contributed by atoms with E-state index >= 15 is 0 Å². The Morgan fingerprint density at radius 2 is 1.21 bits per heavy atom. The molecule has 0 atom stereocenters. The maximum atomic E-state index is 14.1. The molecule has 0 spiro atoms. The Labute approximate surface area is 129 Å². The Hall–Kier alpha value is -2.71. The van der Waals surface area contributed by atoms with E-state index in [0.717, 1.165) is 0 Å². The normalized spacial score (nSPS) is 12.0. The molecule has 0 fully saturated rings. The summed E-state index contributed by atoms with van der Waals surface area (Å²) in [5, 5.41) is 3.48. The van der Waals surface area contributed by atoms with Crippen LogP contribution in [0.2, 0.25) is 0 Å². The highest BCUT2D eigenvalue weighted by Gasteiger charge is 2.39. The Kier molecular flexibility index (Phi) is 3.66. The fraction of sp³-hybridized carbons (Fsp3) is 0.0667. The molecular formula is C15H5F7N2. The van der Waals surface area contributed by atoms with Gasteiger partial charge in [-0.3, -0.25) is 0 Å². The van der Waals surface area contributed by atoms with E-state index in [-0.39, 0.29) is 5.56 Å². The lowest BCUT2D eigenvalue weighted by Gasteiger charge is -2.14. The third-order valence-corrected chi connectivity index (χ3v) is 3.31. The first-order chi connectivity index (χ1) is 11.2. The largest absolute Gasteiger partial charge is 0.435 e. The van der Waals surface area contributed by atoms with Crippen LogP contribution in [0.3, 0.4) is 0 Å². The summed E-state index contributed by atoms with van der Waals surface area (Å²) in [5.41, 5.74) is -2.41. The molecule has 0 aliphatic rings. The standard InChI is InChI=1S/C15H5F7N2/c16-9-7-8(10(17)12(19)11(9)18)14(15(20,21)22)24-23-13(7)6-4-2-1-3-5-6/h1-5H. The molecule has 0 bridgehead atoms. The minimum Gasteiger partial charge on any atom is -0.203 e. The highest BCUT2D eigenvalue weighted by molar-refractivity contribution is 5.96. The molecule has 0 saturated heterocycles. The molecule has 0 unspecified atom stereocenters. The van der Waals surface area contributed by atoms with Crippen molar-refractivity contribution in [1.29, 1.82) is 0 Å². The molecule has 2 nitrogen and oxygen atoms in total. The average Bonchev–Trinajstić information content (AvgIpc) is 2.56. The molecular weight excluding hydrogens is 341 g/mol. The lowest BCUT2D eigenvalue weighted by atomic mass is 10.0. The fourth-order valence-corrected chi connectivity index (χ4v) is 2.27. The molecule has 1 heterocycles. The summed E-state index contributed by atoms with van der Waals surface area (Å²) < 4.78 is 94.0. The SMILES string of the molecule is Fc1c(F)c(F)c2c(C(F)(F)F)nnc(-c3ccccc3)c2c1F. The first-order valence-electron chi connectivity index (χ1n) is 6.38. The van der Waals surface area contributed by atoms with Crippen molar-refractivity contribution in [2.24, 2.45) is 0 Å². The van der Waals surface area contributed by atoms with Gasteiger partial charge in [-0.2, -0.15) is 13.2 Å². The van der Waals surface area contributed by atoms with Crippen molar-refractivity contribution < 1.29 is 30.7 Å². The lowest BCUT2D eigenvalue weighted by Crippen LogP contribution is -2.14. The van der Waals surface area contributed by atoms with Crippen molar-refractivity contribution in [1.82, 2.24) is 10.2 Å². The predicted molar refractivity (Wildman–Crippen MR) is 69.8 cm³/mol. The van der Waals surface area contributed by atoms with Crippen molar-refractivity contribution >= 4 is 10.8 Å². The molecule has 0 aliphatic carbocycles. The van der Waals surface area contributed by atoms with Crippen LogP contribution in [0, 0.1) is 23.3 Å². The zero-order valence-electron chi connectivity index (χ0n) is 11.4. The zero-order valence-corrected chi connectivity index (χ0v) is 11.4. The van der Waals surface area contributed by atoms with E-state index in [9.17, 15) is 30.7 Å². The predicted octanol–water partition coefficient (Wildman–Crippen LogP) is 4.87. The molecule has 2 aromatic carbocycles. The van der Waals surface area contributed by atoms with Gasteiger partial charge < -0.3 is 0 Å². The summed E-state index contributed by atoms with van der Waals surface area (Å²) in [6.07, 6.45) is -5.24. The van der Waals surface area contributed by atoms with E-state index < -0.39 is 51.6 Å². The van der Waals surface area contributed by atoms with Crippen LogP contribution in [0.25, 0.3) is 22.0 Å². The first kappa shape index (κ1) is 16.2. The highest BCUT2D eigenvalue weighted by Crippen LogP contribution is 2.39. The first-order valence-corrected chi connectivity index (χ1v) is 6.38. The van der Waals surface area contributed by atoms with Gasteiger partial charge in [0.05, 0.1) is 10.8 Å². The van der Waals surface area contributed by atoms with E-state index in [1.807, 2.05) is 0 Å². The molecule has 0 radical (unpaired) electrons. The molecule has 0 aliphatic heterocycles. The molecule has 0 saturated carbocycles. The summed E-state index contributed by atoms with van der Waals surface area (Å²) in [6, 6.07) is 7.12. The number of hydrogen-bond acceptors (Lipinski definition) is 2. The molecule has 0 amide bonds. The van der Waals surface area contributed by atoms with Crippen molar-refractivity contribution in [3.63, 3.8) is 0 Å². The zero-order chi connectivity index (χ0) is 17.6. The van der Waals surface area contributed by atoms with E-state index in [2.05, 4.69) is 10.2 Å². The van der Waals surface area contributed by atoms with Gasteiger partial charge in [0.2, 0.25) is 0 Å². The number of hydrogen-bond donors (Lipinski definition) is 0. The molecule has 1 aromatic heterocycles. The second kappa shape index (κ2) is 5.43. The van der Waals surface area contributed by atoms with E-state index in [4.69, 9.17) is 0 Å². The molecule has 24 heavy (non-hydrogen) atoms. The van der Waals surface area contributed by atoms with Crippen LogP contribution in [0.5, 0.6) is 0 Å². The number of benzene rings is 2. The van der Waals surface area contributed by atoms with Gasteiger partial charge in [0.25, 0.3) is 0 Å². The summed E-state index contributed by atoms with van der Waals surface area (Å²) in [7, 11) is 0. The second-order valence-corrected chi connectivity index (χ2v) is 4.77. The van der Waals surface area contributed by atoms with Gasteiger partial charge in [0, 0.05) is 5.56 Å². The van der Waals surface area contributed by atoms with Crippen LogP contribution in [0.15, 0.2) is 30.3 Å². The van der Waals surface area contributed by atoms with Crippen molar-refractivity contribution in [2.45, 2.75) is 6.18 Å². The molecule has 0 N–H and O–H groups in total. The molecule has 3 aromatic rings. The maximum absolute atomic E-state index is 14.1. The van der Waals surface area contributed by atoms with Crippen molar-refractivity contribution in [2.75, 3.05) is 0 Å². The minimum absolute atomic E-state index is 0.0630. The summed E-state index contributed by atoms with van der Waals surface area (Å²) >= 11 is 0. The van der Waals surface area contributed by atoms with Gasteiger partial charge in [-0.25, -0.2) is 17.6 Å². The van der Waals surface area contributed by atoms with Gasteiger partial charge in [-0.05, 0) is 0 Å². The van der Waals surface area contributed by atoms with Crippen molar-refractivity contribution in [3.8, 4) is 11.3 Å².